The van der Waals surface area contributed by atoms with Crippen LogP contribution in [0.25, 0.3) is 11.2 Å². The first-order valence-electron chi connectivity index (χ1n) is 7.63. The van der Waals surface area contributed by atoms with Gasteiger partial charge in [0.05, 0.1) is 24.0 Å². The summed E-state index contributed by atoms with van der Waals surface area (Å²) in [6.07, 6.45) is 0. The van der Waals surface area contributed by atoms with Crippen molar-refractivity contribution in [2.75, 3.05) is 26.1 Å². The summed E-state index contributed by atoms with van der Waals surface area (Å²) < 4.78 is 11.9. The summed E-state index contributed by atoms with van der Waals surface area (Å²) in [6.45, 7) is 1.00. The fraction of sp³-hybridized carbons (Fsp3) is 0.250. The van der Waals surface area contributed by atoms with Crippen LogP contribution in [-0.2, 0) is 11.3 Å². The Kier molecular flexibility index (Phi) is 5.37. The van der Waals surface area contributed by atoms with Crippen LogP contribution in [-0.4, -0.2) is 50.1 Å². The molecule has 3 aromatic rings. The first kappa shape index (κ1) is 17.7. The molecule has 0 fully saturated rings. The second kappa shape index (κ2) is 7.87. The summed E-state index contributed by atoms with van der Waals surface area (Å²) in [5.74, 6) is 0.127. The van der Waals surface area contributed by atoms with E-state index in [-0.39, 0.29) is 24.4 Å². The van der Waals surface area contributed by atoms with Crippen molar-refractivity contribution in [3.05, 3.63) is 29.8 Å². The minimum atomic E-state index is -0.212. The van der Waals surface area contributed by atoms with Gasteiger partial charge < -0.3 is 20.3 Å². The second-order valence-corrected chi connectivity index (χ2v) is 5.45. The highest BCUT2D eigenvalue weighted by Crippen LogP contribution is 2.26. The number of thiocarbonyl (C=S) groups is 1. The highest BCUT2D eigenvalue weighted by Gasteiger charge is 2.17. The largest absolute Gasteiger partial charge is 0.480 e. The van der Waals surface area contributed by atoms with Gasteiger partial charge in [0.15, 0.2) is 17.0 Å². The van der Waals surface area contributed by atoms with Crippen molar-refractivity contribution >= 4 is 40.0 Å². The fourth-order valence-corrected chi connectivity index (χ4v) is 2.43. The highest BCUT2D eigenvalue weighted by atomic mass is 32.1. The summed E-state index contributed by atoms with van der Waals surface area (Å²) in [6, 6.07) is 7.20. The van der Waals surface area contributed by atoms with Gasteiger partial charge in [-0.15, -0.1) is 0 Å². The molecule has 10 heteroatoms. The Balaban J connectivity index is 1.93. The van der Waals surface area contributed by atoms with Crippen molar-refractivity contribution in [2.24, 2.45) is 4.99 Å². The third kappa shape index (κ3) is 3.77. The van der Waals surface area contributed by atoms with Crippen molar-refractivity contribution in [2.45, 2.75) is 6.54 Å². The number of hydrogen-bond acceptors (Lipinski definition) is 9. The highest BCUT2D eigenvalue weighted by molar-refractivity contribution is 7.78. The predicted molar refractivity (Wildman–Crippen MR) is 99.0 cm³/mol. The molecule has 2 aromatic heterocycles. The van der Waals surface area contributed by atoms with Crippen molar-refractivity contribution in [1.29, 1.82) is 0 Å². The zero-order valence-corrected chi connectivity index (χ0v) is 14.7. The molecule has 0 aliphatic rings. The van der Waals surface area contributed by atoms with Crippen LogP contribution in [0, 0.1) is 0 Å². The van der Waals surface area contributed by atoms with E-state index in [0.717, 1.165) is 5.56 Å². The molecule has 0 amide bonds. The van der Waals surface area contributed by atoms with Crippen molar-refractivity contribution in [3.8, 4) is 12.0 Å². The number of fused-ring (bicyclic) bond motifs is 1. The number of anilines is 1. The van der Waals surface area contributed by atoms with Crippen molar-refractivity contribution < 1.29 is 14.6 Å². The predicted octanol–water partition coefficient (Wildman–Crippen LogP) is 1.92. The monoisotopic (exact) mass is 372 g/mol. The van der Waals surface area contributed by atoms with Crippen LogP contribution in [0.1, 0.15) is 5.56 Å². The van der Waals surface area contributed by atoms with Gasteiger partial charge in [0.25, 0.3) is 6.01 Å². The Labute approximate surface area is 154 Å². The Morgan fingerprint density at radius 1 is 1.23 bits per heavy atom. The molecule has 26 heavy (non-hydrogen) atoms. The van der Waals surface area contributed by atoms with Crippen LogP contribution in [0.2, 0.25) is 0 Å². The number of nitrogens with zero attached hydrogens (tertiary/aromatic N) is 5. The van der Waals surface area contributed by atoms with Crippen LogP contribution in [0.5, 0.6) is 12.0 Å². The number of benzene rings is 1. The van der Waals surface area contributed by atoms with Crippen LogP contribution in [0.3, 0.4) is 0 Å². The van der Waals surface area contributed by atoms with E-state index in [1.165, 1.54) is 4.57 Å². The summed E-state index contributed by atoms with van der Waals surface area (Å²) in [7, 11) is 1.57. The molecule has 3 rings (SSSR count). The maximum absolute atomic E-state index is 10.2. The number of nitrogens with two attached hydrogens (primary N) is 1. The zero-order valence-electron chi connectivity index (χ0n) is 13.9. The molecule has 134 valence electrons. The molecule has 0 radical (unpaired) electrons. The van der Waals surface area contributed by atoms with Gasteiger partial charge in [0, 0.05) is 7.11 Å². The van der Waals surface area contributed by atoms with E-state index in [1.54, 1.807) is 19.2 Å². The smallest absolute Gasteiger partial charge is 0.320 e. The quantitative estimate of drug-likeness (QED) is 0.367. The maximum atomic E-state index is 10.2. The van der Waals surface area contributed by atoms with Crippen LogP contribution in [0.15, 0.2) is 29.3 Å². The maximum Gasteiger partial charge on any atom is 0.320 e. The lowest BCUT2D eigenvalue weighted by atomic mass is 10.2. The fourth-order valence-electron chi connectivity index (χ4n) is 2.33. The summed E-state index contributed by atoms with van der Waals surface area (Å²) in [5, 5.41) is 12.5. The van der Waals surface area contributed by atoms with Gasteiger partial charge in [-0.05, 0) is 29.9 Å². The van der Waals surface area contributed by atoms with E-state index in [1.807, 2.05) is 12.1 Å². The first-order valence-corrected chi connectivity index (χ1v) is 8.04. The molecule has 0 bridgehead atoms. The lowest BCUT2D eigenvalue weighted by Crippen LogP contribution is -2.09. The van der Waals surface area contributed by atoms with E-state index in [4.69, 9.17) is 15.2 Å². The third-order valence-corrected chi connectivity index (χ3v) is 3.64. The Morgan fingerprint density at radius 2 is 2.00 bits per heavy atom. The van der Waals surface area contributed by atoms with E-state index < -0.39 is 0 Å². The Bertz CT molecular complexity index is 966. The van der Waals surface area contributed by atoms with E-state index in [9.17, 15) is 5.11 Å². The van der Waals surface area contributed by atoms with Gasteiger partial charge in [-0.2, -0.15) is 19.9 Å². The molecular formula is C16H16N6O3S. The minimum absolute atomic E-state index is 0.0962. The zero-order chi connectivity index (χ0) is 18.5. The van der Waals surface area contributed by atoms with Gasteiger partial charge in [0.2, 0.25) is 0 Å². The van der Waals surface area contributed by atoms with E-state index in [2.05, 4.69) is 37.3 Å². The van der Waals surface area contributed by atoms with Crippen molar-refractivity contribution in [1.82, 2.24) is 19.5 Å². The number of aliphatic imine (C=N–C) groups is 1. The van der Waals surface area contributed by atoms with Crippen LogP contribution in [0.4, 0.5) is 11.5 Å². The Morgan fingerprint density at radius 3 is 2.69 bits per heavy atom. The topological polar surface area (TPSA) is 121 Å². The lowest BCUT2D eigenvalue weighted by Gasteiger charge is -2.07. The number of rotatable bonds is 7. The number of ether oxygens (including phenoxy) is 2. The van der Waals surface area contributed by atoms with Crippen LogP contribution >= 0.6 is 12.2 Å². The van der Waals surface area contributed by atoms with E-state index in [0.29, 0.717) is 30.0 Å². The van der Waals surface area contributed by atoms with Gasteiger partial charge in [-0.3, -0.25) is 4.57 Å². The molecule has 0 unspecified atom stereocenters. The lowest BCUT2D eigenvalue weighted by molar-refractivity contribution is 0.141. The summed E-state index contributed by atoms with van der Waals surface area (Å²) in [5.41, 5.74) is 8.20. The number of hydrogen-bond donors (Lipinski definition) is 2. The first-order chi connectivity index (χ1) is 12.6. The van der Waals surface area contributed by atoms with Gasteiger partial charge in [-0.25, -0.2) is 0 Å². The molecule has 0 aliphatic heterocycles. The van der Waals surface area contributed by atoms with E-state index >= 15 is 0 Å². The molecule has 2 heterocycles. The molecule has 0 saturated carbocycles. The Hall–Kier alpha value is -3.07. The van der Waals surface area contributed by atoms with Gasteiger partial charge >= 0.3 is 6.01 Å². The second-order valence-electron chi connectivity index (χ2n) is 5.27. The molecule has 0 aliphatic carbocycles. The molecule has 0 saturated heterocycles. The standard InChI is InChI=1S/C16H16N6O3S/c1-24-6-7-25-15-20-13(17)12-14(21-15)22(16(23)19-12)8-10-2-4-11(5-3-10)18-9-26/h2-5H,6-8H2,1H3,(H,19,23)(H2,17,20,21). The van der Waals surface area contributed by atoms with Gasteiger partial charge in [-0.1, -0.05) is 12.1 Å². The summed E-state index contributed by atoms with van der Waals surface area (Å²) in [4.78, 5) is 16.3. The van der Waals surface area contributed by atoms with Gasteiger partial charge in [0.1, 0.15) is 6.61 Å². The number of aromatic hydroxyl groups is 1. The number of imidazole rings is 1. The molecular weight excluding hydrogens is 356 g/mol. The number of aromatic nitrogens is 4. The third-order valence-electron chi connectivity index (χ3n) is 3.55. The van der Waals surface area contributed by atoms with Crippen molar-refractivity contribution in [3.63, 3.8) is 0 Å². The molecule has 0 spiro atoms. The molecule has 1 aromatic carbocycles. The minimum Gasteiger partial charge on any atom is -0.480 e. The average molecular weight is 372 g/mol. The summed E-state index contributed by atoms with van der Waals surface area (Å²) >= 11 is 4.58. The average Bonchev–Trinajstić information content (AvgIpc) is 2.94. The number of nitrogen functional groups attached to an aromatic ring is 1. The SMILES string of the molecule is COCCOc1nc(N)c2nc(O)n(Cc3ccc(N=C=S)cc3)c2n1. The molecule has 9 nitrogen and oxygen atoms in total. The molecule has 3 N–H and O–H groups in total. The molecule has 0 atom stereocenters. The number of methoxy groups -OCH3 is 1. The van der Waals surface area contributed by atoms with Crippen LogP contribution < -0.4 is 10.5 Å². The number of isothiocyanates is 1. The normalized spacial score (nSPS) is 10.7.